The Bertz CT molecular complexity index is 1300. The average molecular weight is 466 g/mol. The summed E-state index contributed by atoms with van der Waals surface area (Å²) in [5.74, 6) is 0.561. The second-order valence-corrected chi connectivity index (χ2v) is 7.67. The van der Waals surface area contributed by atoms with E-state index in [1.165, 1.54) is 19.2 Å². The fourth-order valence-corrected chi connectivity index (χ4v) is 3.68. The molecule has 4 nitrogen and oxygen atoms in total. The molecule has 1 heterocycles. The van der Waals surface area contributed by atoms with Gasteiger partial charge in [0.25, 0.3) is 0 Å². The molecule has 0 unspecified atom stereocenters. The highest BCUT2D eigenvalue weighted by molar-refractivity contribution is 6.06. The fourth-order valence-electron chi connectivity index (χ4n) is 3.68. The number of carbonyl (C=O) groups is 1. The van der Waals surface area contributed by atoms with E-state index in [1.807, 2.05) is 31.2 Å². The minimum Gasteiger partial charge on any atom is -0.497 e. The minimum absolute atomic E-state index is 0.128. The van der Waals surface area contributed by atoms with Crippen molar-refractivity contribution in [1.29, 1.82) is 0 Å². The van der Waals surface area contributed by atoms with Gasteiger partial charge in [-0.3, -0.25) is 0 Å². The molecule has 0 radical (unpaired) electrons. The Balaban J connectivity index is 2.00. The van der Waals surface area contributed by atoms with Crippen molar-refractivity contribution in [2.75, 3.05) is 14.2 Å². The predicted octanol–water partition coefficient (Wildman–Crippen LogP) is 7.40. The van der Waals surface area contributed by atoms with Gasteiger partial charge in [-0.05, 0) is 48.9 Å². The number of hydrogen-bond acceptors (Lipinski definition) is 4. The van der Waals surface area contributed by atoms with Gasteiger partial charge in [-0.2, -0.15) is 13.2 Å². The van der Waals surface area contributed by atoms with Crippen LogP contribution in [0.25, 0.3) is 33.8 Å². The number of hydrogen-bond donors (Lipinski definition) is 0. The van der Waals surface area contributed by atoms with Crippen molar-refractivity contribution in [2.45, 2.75) is 13.1 Å². The van der Waals surface area contributed by atoms with Crippen molar-refractivity contribution < 1.29 is 31.9 Å². The zero-order chi connectivity index (χ0) is 24.5. The van der Waals surface area contributed by atoms with Crippen molar-refractivity contribution in [3.8, 4) is 39.5 Å². The third-order valence-electron chi connectivity index (χ3n) is 5.46. The summed E-state index contributed by atoms with van der Waals surface area (Å²) in [5.41, 5.74) is 2.38. The summed E-state index contributed by atoms with van der Waals surface area (Å²) in [6.07, 6.45) is -4.48. The number of furan rings is 1. The predicted molar refractivity (Wildman–Crippen MR) is 123 cm³/mol. The van der Waals surface area contributed by atoms with Gasteiger partial charge in [-0.25, -0.2) is 4.79 Å². The first-order valence-corrected chi connectivity index (χ1v) is 10.4. The number of carbonyl (C=O) groups excluding carboxylic acids is 1. The monoisotopic (exact) mass is 466 g/mol. The Morgan fingerprint density at radius 2 is 1.29 bits per heavy atom. The molecule has 1 aromatic heterocycles. The highest BCUT2D eigenvalue weighted by Crippen LogP contribution is 2.44. The average Bonchev–Trinajstić information content (AvgIpc) is 3.24. The number of alkyl halides is 3. The normalized spacial score (nSPS) is 11.4. The van der Waals surface area contributed by atoms with Crippen molar-refractivity contribution >= 4 is 5.97 Å². The van der Waals surface area contributed by atoms with E-state index in [0.717, 1.165) is 17.7 Å². The maximum atomic E-state index is 13.2. The molecule has 0 atom stereocenters. The van der Waals surface area contributed by atoms with Gasteiger partial charge in [0.15, 0.2) is 0 Å². The van der Waals surface area contributed by atoms with Crippen LogP contribution in [0.15, 0.2) is 77.2 Å². The molecule has 4 aromatic rings. The molecule has 0 amide bonds. The molecular weight excluding hydrogens is 445 g/mol. The summed E-state index contributed by atoms with van der Waals surface area (Å²) < 4.78 is 55.9. The molecule has 0 aliphatic carbocycles. The highest BCUT2D eigenvalue weighted by Gasteiger charge is 2.32. The van der Waals surface area contributed by atoms with E-state index in [0.29, 0.717) is 33.8 Å². The Morgan fingerprint density at radius 3 is 1.82 bits per heavy atom. The summed E-state index contributed by atoms with van der Waals surface area (Å²) in [4.78, 5) is 13.0. The lowest BCUT2D eigenvalue weighted by molar-refractivity contribution is -0.137. The SMILES string of the molecule is COC(=O)c1c(-c2ccc(OC)cc2)oc(-c2ccc(C)cc2)c1-c1ccc(C(F)(F)F)cc1. The van der Waals surface area contributed by atoms with Crippen LogP contribution in [0.5, 0.6) is 5.75 Å². The fraction of sp³-hybridized carbons (Fsp3) is 0.148. The molecule has 0 aliphatic rings. The van der Waals surface area contributed by atoms with Gasteiger partial charge in [0, 0.05) is 16.7 Å². The van der Waals surface area contributed by atoms with Crippen molar-refractivity contribution in [2.24, 2.45) is 0 Å². The van der Waals surface area contributed by atoms with Crippen LogP contribution in [-0.2, 0) is 10.9 Å². The molecule has 0 saturated heterocycles. The molecule has 174 valence electrons. The standard InChI is InChI=1S/C27H21F3O4/c1-16-4-6-18(7-5-16)24-22(17-8-12-20(13-9-17)27(28,29)30)23(26(31)33-3)25(34-24)19-10-14-21(32-2)15-11-19/h4-15H,1-3H3. The van der Waals surface area contributed by atoms with Gasteiger partial charge in [0.05, 0.1) is 19.8 Å². The van der Waals surface area contributed by atoms with Crippen LogP contribution in [0.3, 0.4) is 0 Å². The summed E-state index contributed by atoms with van der Waals surface area (Å²) in [7, 11) is 2.79. The first-order chi connectivity index (χ1) is 16.2. The second kappa shape index (κ2) is 9.09. The molecule has 34 heavy (non-hydrogen) atoms. The zero-order valence-corrected chi connectivity index (χ0v) is 18.7. The Labute approximate surface area is 194 Å². The maximum absolute atomic E-state index is 13.2. The Kier molecular flexibility index (Phi) is 6.20. The molecule has 0 aliphatic heterocycles. The van der Waals surface area contributed by atoms with Crippen molar-refractivity contribution in [3.05, 3.63) is 89.5 Å². The van der Waals surface area contributed by atoms with Gasteiger partial charge in [-0.1, -0.05) is 42.0 Å². The molecular formula is C27H21F3O4. The summed E-state index contributed by atoms with van der Waals surface area (Å²) >= 11 is 0. The Hall–Kier alpha value is -4.00. The molecule has 0 N–H and O–H groups in total. The number of benzene rings is 3. The van der Waals surface area contributed by atoms with Gasteiger partial charge >= 0.3 is 12.1 Å². The topological polar surface area (TPSA) is 48.7 Å². The van der Waals surface area contributed by atoms with E-state index < -0.39 is 17.7 Å². The Morgan fingerprint density at radius 1 is 0.765 bits per heavy atom. The molecule has 0 spiro atoms. The van der Waals surface area contributed by atoms with E-state index in [1.54, 1.807) is 31.4 Å². The number of rotatable bonds is 5. The molecule has 4 rings (SSSR count). The van der Waals surface area contributed by atoms with Crippen molar-refractivity contribution in [3.63, 3.8) is 0 Å². The quantitative estimate of drug-likeness (QED) is 0.288. The van der Waals surface area contributed by atoms with Crippen LogP contribution in [0.4, 0.5) is 13.2 Å². The number of esters is 1. The van der Waals surface area contributed by atoms with E-state index in [9.17, 15) is 18.0 Å². The molecule has 0 fully saturated rings. The maximum Gasteiger partial charge on any atom is 0.416 e. The van der Waals surface area contributed by atoms with E-state index >= 15 is 0 Å². The number of halogens is 3. The van der Waals surface area contributed by atoms with Gasteiger partial charge in [-0.15, -0.1) is 0 Å². The summed E-state index contributed by atoms with van der Waals surface area (Å²) in [6, 6.07) is 19.0. The third-order valence-corrected chi connectivity index (χ3v) is 5.46. The lowest BCUT2D eigenvalue weighted by Crippen LogP contribution is -2.05. The smallest absolute Gasteiger partial charge is 0.416 e. The molecule has 3 aromatic carbocycles. The van der Waals surface area contributed by atoms with Gasteiger partial charge in [0.1, 0.15) is 22.8 Å². The third kappa shape index (κ3) is 4.41. The van der Waals surface area contributed by atoms with E-state index in [4.69, 9.17) is 13.9 Å². The van der Waals surface area contributed by atoms with Crippen LogP contribution in [0.1, 0.15) is 21.5 Å². The minimum atomic E-state index is -4.48. The number of aryl methyl sites for hydroxylation is 1. The molecule has 0 bridgehead atoms. The zero-order valence-electron chi connectivity index (χ0n) is 18.7. The van der Waals surface area contributed by atoms with Gasteiger partial charge < -0.3 is 13.9 Å². The molecule has 0 saturated carbocycles. The van der Waals surface area contributed by atoms with Crippen LogP contribution in [-0.4, -0.2) is 20.2 Å². The second-order valence-electron chi connectivity index (χ2n) is 7.67. The number of methoxy groups -OCH3 is 2. The highest BCUT2D eigenvalue weighted by atomic mass is 19.4. The van der Waals surface area contributed by atoms with Crippen molar-refractivity contribution in [1.82, 2.24) is 0 Å². The lowest BCUT2D eigenvalue weighted by atomic mass is 9.94. The van der Waals surface area contributed by atoms with Crippen LogP contribution < -0.4 is 4.74 Å². The first kappa shape index (κ1) is 23.2. The number of ether oxygens (including phenoxy) is 2. The lowest BCUT2D eigenvalue weighted by Gasteiger charge is -2.10. The van der Waals surface area contributed by atoms with Crippen LogP contribution in [0.2, 0.25) is 0 Å². The largest absolute Gasteiger partial charge is 0.497 e. The first-order valence-electron chi connectivity index (χ1n) is 10.4. The van der Waals surface area contributed by atoms with E-state index in [2.05, 4.69) is 0 Å². The van der Waals surface area contributed by atoms with Crippen LogP contribution in [0, 0.1) is 6.92 Å². The summed E-state index contributed by atoms with van der Waals surface area (Å²) in [6.45, 7) is 1.94. The molecule has 7 heteroatoms. The van der Waals surface area contributed by atoms with E-state index in [-0.39, 0.29) is 11.3 Å². The van der Waals surface area contributed by atoms with Gasteiger partial charge in [0.2, 0.25) is 0 Å². The summed E-state index contributed by atoms with van der Waals surface area (Å²) in [5, 5.41) is 0. The van der Waals surface area contributed by atoms with Crippen LogP contribution >= 0.6 is 0 Å².